The normalized spacial score (nSPS) is 18.1. The van der Waals surface area contributed by atoms with Gasteiger partial charge in [-0.2, -0.15) is 4.36 Å². The van der Waals surface area contributed by atoms with Gasteiger partial charge >= 0.3 is 6.03 Å². The van der Waals surface area contributed by atoms with Gasteiger partial charge < -0.3 is 10.2 Å². The number of hydrogen-bond acceptors (Lipinski definition) is 3. The molecule has 0 aromatic heterocycles. The highest BCUT2D eigenvalue weighted by Crippen LogP contribution is 2.20. The fourth-order valence-electron chi connectivity index (χ4n) is 2.38. The second-order valence-corrected chi connectivity index (χ2v) is 8.30. The van der Waals surface area contributed by atoms with E-state index < -0.39 is 21.7 Å². The summed E-state index contributed by atoms with van der Waals surface area (Å²) in [6, 6.07) is 6.49. The average molecular weight is 323 g/mol. The lowest BCUT2D eigenvalue weighted by Gasteiger charge is -2.22. The summed E-state index contributed by atoms with van der Waals surface area (Å²) in [5.41, 5.74) is 1.78. The fraction of sp³-hybridized carbons (Fsp3) is 0.467. The van der Waals surface area contributed by atoms with Crippen molar-refractivity contribution in [2.75, 3.05) is 24.4 Å². The van der Waals surface area contributed by atoms with Gasteiger partial charge in [0, 0.05) is 34.5 Å². The minimum Gasteiger partial charge on any atom is -0.312 e. The number of aryl methyl sites for hydroxylation is 1. The Balaban J connectivity index is 2.10. The summed E-state index contributed by atoms with van der Waals surface area (Å²) in [5, 5.41) is 2.78. The first-order valence-corrected chi connectivity index (χ1v) is 9.45. The highest BCUT2D eigenvalue weighted by molar-refractivity contribution is 7.92. The number of rotatable bonds is 2. The maximum atomic E-state index is 12.3. The van der Waals surface area contributed by atoms with Crippen LogP contribution in [0.2, 0.25) is 0 Å². The molecule has 0 saturated carbocycles. The molecule has 2 rings (SSSR count). The van der Waals surface area contributed by atoms with Gasteiger partial charge in [0.25, 0.3) is 5.91 Å². The molecule has 0 bridgehead atoms. The van der Waals surface area contributed by atoms with Crippen molar-refractivity contribution in [3.8, 4) is 0 Å². The van der Waals surface area contributed by atoms with Crippen LogP contribution in [0.1, 0.15) is 18.4 Å². The van der Waals surface area contributed by atoms with Crippen LogP contribution in [-0.4, -0.2) is 46.1 Å². The predicted octanol–water partition coefficient (Wildman–Crippen LogP) is 2.25. The van der Waals surface area contributed by atoms with Crippen molar-refractivity contribution in [3.05, 3.63) is 29.8 Å². The molecule has 1 saturated heterocycles. The number of amides is 3. The van der Waals surface area contributed by atoms with Crippen molar-refractivity contribution < 1.29 is 13.8 Å². The Labute approximate surface area is 131 Å². The Hall–Kier alpha value is -1.89. The van der Waals surface area contributed by atoms with Gasteiger partial charge in [0.2, 0.25) is 0 Å². The number of nitrogens with zero attached hydrogens (tertiary/aromatic N) is 2. The third kappa shape index (κ3) is 4.30. The smallest absolute Gasteiger partial charge is 0.312 e. The van der Waals surface area contributed by atoms with Crippen LogP contribution >= 0.6 is 0 Å². The van der Waals surface area contributed by atoms with E-state index in [1.807, 2.05) is 31.2 Å². The molecule has 7 heteroatoms. The molecular weight excluding hydrogens is 302 g/mol. The molecule has 0 spiro atoms. The van der Waals surface area contributed by atoms with E-state index in [9.17, 15) is 13.8 Å². The van der Waals surface area contributed by atoms with Crippen LogP contribution in [0.4, 0.5) is 10.5 Å². The summed E-state index contributed by atoms with van der Waals surface area (Å²) in [7, 11) is -2.51. The van der Waals surface area contributed by atoms with Gasteiger partial charge in [-0.25, -0.2) is 9.00 Å². The zero-order chi connectivity index (χ0) is 16.3. The van der Waals surface area contributed by atoms with Crippen LogP contribution in [0, 0.1) is 6.92 Å². The quantitative estimate of drug-likeness (QED) is 0.906. The van der Waals surface area contributed by atoms with Crippen LogP contribution in [0.15, 0.2) is 28.6 Å². The molecule has 1 aromatic carbocycles. The van der Waals surface area contributed by atoms with Crippen molar-refractivity contribution in [1.29, 1.82) is 0 Å². The molecule has 0 unspecified atom stereocenters. The van der Waals surface area contributed by atoms with Gasteiger partial charge in [-0.1, -0.05) is 17.7 Å². The van der Waals surface area contributed by atoms with E-state index in [-0.39, 0.29) is 6.03 Å². The van der Waals surface area contributed by atoms with E-state index in [4.69, 9.17) is 0 Å². The van der Waals surface area contributed by atoms with Crippen molar-refractivity contribution in [2.24, 2.45) is 4.36 Å². The Bertz CT molecular complexity index is 682. The highest BCUT2D eigenvalue weighted by atomic mass is 32.2. The van der Waals surface area contributed by atoms with Gasteiger partial charge in [-0.3, -0.25) is 4.79 Å². The molecule has 3 amide bonds. The summed E-state index contributed by atoms with van der Waals surface area (Å²) >= 11 is 0. The molecule has 6 nitrogen and oxygen atoms in total. The maximum absolute atomic E-state index is 12.3. The zero-order valence-corrected chi connectivity index (χ0v) is 13.9. The standard InChI is InChI=1S/C15H21N3O3S/c1-11-6-8-12(9-7-11)16-15(20)18-10-4-5-13(18)14(19)17-22(2,3)21/h6-9,13H,4-5,10H2,1-3H3,(H,16,20)/t13-/m0/s1. The number of hydrogen-bond donors (Lipinski definition) is 1. The van der Waals surface area contributed by atoms with E-state index in [1.54, 1.807) is 0 Å². The molecule has 1 aliphatic rings. The molecule has 0 radical (unpaired) electrons. The number of anilines is 1. The maximum Gasteiger partial charge on any atom is 0.322 e. The second-order valence-electron chi connectivity index (χ2n) is 5.76. The summed E-state index contributed by atoms with van der Waals surface area (Å²) in [6.45, 7) is 2.47. The molecule has 0 aliphatic carbocycles. The Morgan fingerprint density at radius 2 is 1.91 bits per heavy atom. The molecule has 1 fully saturated rings. The first kappa shape index (κ1) is 16.5. The zero-order valence-electron chi connectivity index (χ0n) is 13.0. The van der Waals surface area contributed by atoms with E-state index in [0.29, 0.717) is 18.7 Å². The van der Waals surface area contributed by atoms with E-state index >= 15 is 0 Å². The third-order valence-corrected chi connectivity index (χ3v) is 4.03. The minimum absolute atomic E-state index is 0.325. The number of likely N-dealkylation sites (tertiary alicyclic amines) is 1. The summed E-state index contributed by atoms with van der Waals surface area (Å²) < 4.78 is 15.4. The van der Waals surface area contributed by atoms with E-state index in [1.165, 1.54) is 17.4 Å². The van der Waals surface area contributed by atoms with Crippen LogP contribution in [0.3, 0.4) is 0 Å². The van der Waals surface area contributed by atoms with Gasteiger partial charge in [0.1, 0.15) is 6.04 Å². The topological polar surface area (TPSA) is 78.8 Å². The number of nitrogens with one attached hydrogen (secondary N) is 1. The summed E-state index contributed by atoms with van der Waals surface area (Å²) in [4.78, 5) is 25.9. The molecule has 1 aromatic rings. The number of benzene rings is 1. The van der Waals surface area contributed by atoms with E-state index in [2.05, 4.69) is 9.68 Å². The minimum atomic E-state index is -2.51. The van der Waals surface area contributed by atoms with Crippen LogP contribution in [0.5, 0.6) is 0 Å². The molecule has 1 atom stereocenters. The lowest BCUT2D eigenvalue weighted by molar-refractivity contribution is -0.121. The Morgan fingerprint density at radius 3 is 2.50 bits per heavy atom. The fourth-order valence-corrected chi connectivity index (χ4v) is 2.93. The molecule has 22 heavy (non-hydrogen) atoms. The van der Waals surface area contributed by atoms with Crippen molar-refractivity contribution in [1.82, 2.24) is 4.90 Å². The van der Waals surface area contributed by atoms with Gasteiger partial charge in [0.15, 0.2) is 0 Å². The predicted molar refractivity (Wildman–Crippen MR) is 87.4 cm³/mol. The second kappa shape index (κ2) is 6.48. The van der Waals surface area contributed by atoms with Gasteiger partial charge in [-0.05, 0) is 31.9 Å². The van der Waals surface area contributed by atoms with Crippen molar-refractivity contribution in [2.45, 2.75) is 25.8 Å². The highest BCUT2D eigenvalue weighted by Gasteiger charge is 2.34. The Kier molecular flexibility index (Phi) is 4.85. The number of carbonyl (C=O) groups excluding carboxylic acids is 2. The van der Waals surface area contributed by atoms with Crippen LogP contribution in [-0.2, 0) is 14.5 Å². The monoisotopic (exact) mass is 323 g/mol. The largest absolute Gasteiger partial charge is 0.322 e. The molecule has 120 valence electrons. The average Bonchev–Trinajstić information content (AvgIpc) is 2.89. The van der Waals surface area contributed by atoms with Gasteiger partial charge in [-0.15, -0.1) is 0 Å². The van der Waals surface area contributed by atoms with Crippen LogP contribution < -0.4 is 5.32 Å². The third-order valence-electron chi connectivity index (χ3n) is 3.41. The molecule has 1 aliphatic heterocycles. The number of carbonyl (C=O) groups is 2. The van der Waals surface area contributed by atoms with E-state index in [0.717, 1.165) is 12.0 Å². The molecular formula is C15H21N3O3S. The summed E-state index contributed by atoms with van der Waals surface area (Å²) in [6.07, 6.45) is 4.12. The molecule has 1 N–H and O–H groups in total. The first-order valence-electron chi connectivity index (χ1n) is 7.11. The van der Waals surface area contributed by atoms with Crippen LogP contribution in [0.25, 0.3) is 0 Å². The first-order chi connectivity index (χ1) is 10.3. The molecule has 1 heterocycles. The van der Waals surface area contributed by atoms with Crippen molar-refractivity contribution in [3.63, 3.8) is 0 Å². The Morgan fingerprint density at radius 1 is 1.27 bits per heavy atom. The van der Waals surface area contributed by atoms with Crippen molar-refractivity contribution >= 4 is 27.4 Å². The summed E-state index contributed by atoms with van der Waals surface area (Å²) in [5.74, 6) is -0.480. The lowest BCUT2D eigenvalue weighted by atomic mass is 10.2. The lowest BCUT2D eigenvalue weighted by Crippen LogP contribution is -2.42. The SMILES string of the molecule is Cc1ccc(NC(=O)N2CCC[C@H]2C(=O)N=S(C)(C)=O)cc1. The number of urea groups is 1. The van der Waals surface area contributed by atoms with Gasteiger partial charge in [0.05, 0.1) is 0 Å².